The lowest BCUT2D eigenvalue weighted by molar-refractivity contribution is -0.134. The summed E-state index contributed by atoms with van der Waals surface area (Å²) in [6, 6.07) is 7.90. The highest BCUT2D eigenvalue weighted by atomic mass is 16.5. The summed E-state index contributed by atoms with van der Waals surface area (Å²) < 4.78 is 16.5. The first kappa shape index (κ1) is 20.6. The predicted octanol–water partition coefficient (Wildman–Crippen LogP) is 0.912. The van der Waals surface area contributed by atoms with Crippen LogP contribution in [0.15, 0.2) is 36.4 Å². The molecule has 1 aromatic rings. The van der Waals surface area contributed by atoms with Gasteiger partial charge in [0, 0.05) is 30.8 Å². The molecule has 1 fully saturated rings. The van der Waals surface area contributed by atoms with E-state index in [1.807, 2.05) is 24.3 Å². The average molecular weight is 353 g/mol. The quantitative estimate of drug-likeness (QED) is 0.620. The smallest absolute Gasteiger partial charge is 0.328 e. The number of para-hydroxylation sites is 1. The van der Waals surface area contributed by atoms with Gasteiger partial charge in [-0.15, -0.1) is 0 Å². The topological polar surface area (TPSA) is 114 Å². The molecule has 0 saturated carbocycles. The van der Waals surface area contributed by atoms with Crippen LogP contribution >= 0.6 is 0 Å². The van der Waals surface area contributed by atoms with Gasteiger partial charge in [0.25, 0.3) is 0 Å². The first-order valence-corrected chi connectivity index (χ1v) is 7.68. The number of aliphatic carboxylic acids is 2. The number of carbonyl (C=O) groups is 2. The van der Waals surface area contributed by atoms with Crippen LogP contribution in [0.1, 0.15) is 5.56 Å². The van der Waals surface area contributed by atoms with Crippen molar-refractivity contribution in [1.29, 1.82) is 0 Å². The summed E-state index contributed by atoms with van der Waals surface area (Å²) in [5.41, 5.74) is 1.07. The van der Waals surface area contributed by atoms with Crippen LogP contribution in [0.3, 0.4) is 0 Å². The molecule has 1 atom stereocenters. The fourth-order valence-electron chi connectivity index (χ4n) is 1.99. The van der Waals surface area contributed by atoms with E-state index in [0.717, 1.165) is 31.0 Å². The molecule has 1 aliphatic heterocycles. The third-order valence-electron chi connectivity index (χ3n) is 3.13. The fraction of sp³-hybridized carbons (Fsp3) is 0.412. The molecule has 3 N–H and O–H groups in total. The first-order valence-electron chi connectivity index (χ1n) is 7.68. The van der Waals surface area contributed by atoms with Crippen LogP contribution < -0.4 is 10.1 Å². The highest BCUT2D eigenvalue weighted by Gasteiger charge is 2.13. The van der Waals surface area contributed by atoms with Crippen LogP contribution in [0.5, 0.6) is 5.75 Å². The number of carboxylic acid groups (broad SMARTS) is 2. The van der Waals surface area contributed by atoms with E-state index in [2.05, 4.69) is 5.32 Å². The Balaban J connectivity index is 0.000000333. The number of nitrogens with one attached hydrogen (secondary N) is 1. The number of morpholine rings is 1. The van der Waals surface area contributed by atoms with Crippen molar-refractivity contribution in [3.05, 3.63) is 42.0 Å². The largest absolute Gasteiger partial charge is 0.496 e. The van der Waals surface area contributed by atoms with E-state index in [-0.39, 0.29) is 6.10 Å². The van der Waals surface area contributed by atoms with E-state index in [1.54, 1.807) is 7.11 Å². The number of methoxy groups -OCH3 is 1. The molecule has 0 spiro atoms. The summed E-state index contributed by atoms with van der Waals surface area (Å²) in [6.45, 7) is 3.74. The van der Waals surface area contributed by atoms with Crippen molar-refractivity contribution < 1.29 is 34.0 Å². The molecule has 0 aliphatic carbocycles. The number of ether oxygens (including phenoxy) is 3. The summed E-state index contributed by atoms with van der Waals surface area (Å²) in [6.07, 6.45) is 1.28. The molecule has 0 radical (unpaired) electrons. The van der Waals surface area contributed by atoms with Crippen molar-refractivity contribution in [2.45, 2.75) is 12.7 Å². The number of benzene rings is 1. The van der Waals surface area contributed by atoms with Gasteiger partial charge in [-0.25, -0.2) is 9.59 Å². The maximum atomic E-state index is 9.55. The van der Waals surface area contributed by atoms with Crippen molar-refractivity contribution in [2.24, 2.45) is 0 Å². The summed E-state index contributed by atoms with van der Waals surface area (Å²) in [5.74, 6) is -1.64. The molecule has 2 rings (SSSR count). The Morgan fingerprint density at radius 3 is 2.52 bits per heavy atom. The number of rotatable bonds is 7. The minimum absolute atomic E-state index is 0.165. The highest BCUT2D eigenvalue weighted by molar-refractivity contribution is 5.89. The molecule has 1 heterocycles. The van der Waals surface area contributed by atoms with Crippen LogP contribution in [0, 0.1) is 0 Å². The molecule has 0 bridgehead atoms. The standard InChI is InChI=1S/C13H19NO3.C4H4O4/c1-15-13-5-3-2-4-11(13)9-16-10-12-8-14-6-7-17-12;5-3(6)1-2-4(7)8/h2-5,12,14H,6-10H2,1H3;1-2H,(H,5,6)(H,7,8)/b;2-1-. The Hall–Kier alpha value is -2.42. The van der Waals surface area contributed by atoms with Gasteiger partial charge in [0.15, 0.2) is 0 Å². The minimum atomic E-state index is -1.26. The lowest BCUT2D eigenvalue weighted by Gasteiger charge is -2.23. The Labute approximate surface area is 146 Å². The average Bonchev–Trinajstić information content (AvgIpc) is 2.62. The SMILES string of the molecule is COc1ccccc1COCC1CNCCO1.O=C(O)/C=C\C(=O)O. The van der Waals surface area contributed by atoms with E-state index in [1.165, 1.54) is 0 Å². The van der Waals surface area contributed by atoms with Gasteiger partial charge in [-0.2, -0.15) is 0 Å². The number of hydrogen-bond donors (Lipinski definition) is 3. The van der Waals surface area contributed by atoms with E-state index in [9.17, 15) is 9.59 Å². The maximum Gasteiger partial charge on any atom is 0.328 e. The van der Waals surface area contributed by atoms with Gasteiger partial charge < -0.3 is 29.7 Å². The van der Waals surface area contributed by atoms with Gasteiger partial charge in [-0.3, -0.25) is 0 Å². The van der Waals surface area contributed by atoms with Crippen molar-refractivity contribution in [3.63, 3.8) is 0 Å². The molecule has 25 heavy (non-hydrogen) atoms. The molecule has 1 unspecified atom stereocenters. The van der Waals surface area contributed by atoms with Crippen LogP contribution in [0.25, 0.3) is 0 Å². The second-order valence-electron chi connectivity index (χ2n) is 5.03. The molecule has 0 aromatic heterocycles. The summed E-state index contributed by atoms with van der Waals surface area (Å²) in [4.78, 5) is 19.1. The zero-order valence-electron chi connectivity index (χ0n) is 14.0. The van der Waals surface area contributed by atoms with Crippen molar-refractivity contribution >= 4 is 11.9 Å². The zero-order valence-corrected chi connectivity index (χ0v) is 14.0. The first-order chi connectivity index (χ1) is 12.0. The lowest BCUT2D eigenvalue weighted by Crippen LogP contribution is -2.40. The second-order valence-corrected chi connectivity index (χ2v) is 5.03. The monoisotopic (exact) mass is 353 g/mol. The Kier molecular flexibility index (Phi) is 9.91. The molecular weight excluding hydrogens is 330 g/mol. The molecule has 8 nitrogen and oxygen atoms in total. The molecule has 1 aliphatic rings. The third kappa shape index (κ3) is 9.46. The minimum Gasteiger partial charge on any atom is -0.496 e. The second kappa shape index (κ2) is 12.0. The van der Waals surface area contributed by atoms with Crippen molar-refractivity contribution in [3.8, 4) is 5.75 Å². The Morgan fingerprint density at radius 1 is 1.28 bits per heavy atom. The zero-order chi connectivity index (χ0) is 18.5. The van der Waals surface area contributed by atoms with Gasteiger partial charge in [0.05, 0.1) is 33.0 Å². The van der Waals surface area contributed by atoms with E-state index < -0.39 is 11.9 Å². The lowest BCUT2D eigenvalue weighted by atomic mass is 10.2. The Morgan fingerprint density at radius 2 is 1.96 bits per heavy atom. The van der Waals surface area contributed by atoms with Crippen LogP contribution in [-0.2, 0) is 25.7 Å². The molecule has 138 valence electrons. The van der Waals surface area contributed by atoms with Gasteiger partial charge in [0.1, 0.15) is 5.75 Å². The normalized spacial score (nSPS) is 16.8. The molecular formula is C17H23NO7. The van der Waals surface area contributed by atoms with Crippen LogP contribution in [0.4, 0.5) is 0 Å². The number of carboxylic acids is 2. The number of hydrogen-bond acceptors (Lipinski definition) is 6. The van der Waals surface area contributed by atoms with Gasteiger partial charge in [0.2, 0.25) is 0 Å². The van der Waals surface area contributed by atoms with Crippen LogP contribution in [-0.4, -0.2) is 61.7 Å². The van der Waals surface area contributed by atoms with Gasteiger partial charge in [-0.05, 0) is 6.07 Å². The maximum absolute atomic E-state index is 9.55. The summed E-state index contributed by atoms with van der Waals surface area (Å²) in [7, 11) is 1.67. The fourth-order valence-corrected chi connectivity index (χ4v) is 1.99. The summed E-state index contributed by atoms with van der Waals surface area (Å²) in [5, 5.41) is 18.9. The molecule has 1 saturated heterocycles. The summed E-state index contributed by atoms with van der Waals surface area (Å²) >= 11 is 0. The Bertz CT molecular complexity index is 552. The van der Waals surface area contributed by atoms with E-state index >= 15 is 0 Å². The van der Waals surface area contributed by atoms with Crippen LogP contribution in [0.2, 0.25) is 0 Å². The molecule has 0 amide bonds. The van der Waals surface area contributed by atoms with Gasteiger partial charge >= 0.3 is 11.9 Å². The van der Waals surface area contributed by atoms with E-state index in [4.69, 9.17) is 24.4 Å². The van der Waals surface area contributed by atoms with Crippen molar-refractivity contribution in [2.75, 3.05) is 33.4 Å². The molecule has 8 heteroatoms. The van der Waals surface area contributed by atoms with E-state index in [0.29, 0.717) is 25.4 Å². The molecule has 1 aromatic carbocycles. The third-order valence-corrected chi connectivity index (χ3v) is 3.13. The highest BCUT2D eigenvalue weighted by Crippen LogP contribution is 2.18. The predicted molar refractivity (Wildman–Crippen MR) is 89.7 cm³/mol. The van der Waals surface area contributed by atoms with Gasteiger partial charge in [-0.1, -0.05) is 18.2 Å². The van der Waals surface area contributed by atoms with Crippen molar-refractivity contribution in [1.82, 2.24) is 5.32 Å².